The third-order valence-electron chi connectivity index (χ3n) is 4.55. The molecule has 0 fully saturated rings. The van der Waals surface area contributed by atoms with Gasteiger partial charge in [0.2, 0.25) is 5.82 Å². The Labute approximate surface area is 172 Å². The van der Waals surface area contributed by atoms with E-state index >= 15 is 0 Å². The number of hydrogen-bond acceptors (Lipinski definition) is 5. The molecule has 5 nitrogen and oxygen atoms in total. The quantitative estimate of drug-likeness (QED) is 0.495. The lowest BCUT2D eigenvalue weighted by molar-refractivity contribution is -0.137. The molecular weight excluding hydrogens is 395 g/mol. The van der Waals surface area contributed by atoms with Crippen molar-refractivity contribution in [3.8, 4) is 17.1 Å². The van der Waals surface area contributed by atoms with E-state index in [0.717, 1.165) is 12.5 Å². The van der Waals surface area contributed by atoms with Crippen LogP contribution in [-0.4, -0.2) is 23.8 Å². The van der Waals surface area contributed by atoms with E-state index in [4.69, 9.17) is 15.0 Å². The molecule has 0 amide bonds. The van der Waals surface area contributed by atoms with Crippen molar-refractivity contribution in [2.24, 2.45) is 5.73 Å². The molecule has 0 aliphatic rings. The van der Waals surface area contributed by atoms with Crippen molar-refractivity contribution >= 4 is 11.6 Å². The monoisotopic (exact) mass is 417 g/mol. The van der Waals surface area contributed by atoms with Crippen LogP contribution in [0.2, 0.25) is 0 Å². The number of ether oxygens (including phenoxy) is 1. The van der Waals surface area contributed by atoms with Gasteiger partial charge in [0, 0.05) is 11.1 Å². The Balaban J connectivity index is 1.97. The number of alkyl halides is 3. The molecule has 2 aromatic carbocycles. The fourth-order valence-corrected chi connectivity index (χ4v) is 2.98. The number of allylic oxidation sites excluding steroid dienone is 1. The van der Waals surface area contributed by atoms with Crippen molar-refractivity contribution in [2.45, 2.75) is 25.4 Å². The molecule has 3 aromatic rings. The van der Waals surface area contributed by atoms with Crippen LogP contribution in [0.5, 0.6) is 5.75 Å². The molecule has 0 aliphatic carbocycles. The lowest BCUT2D eigenvalue weighted by Crippen LogP contribution is -2.07. The van der Waals surface area contributed by atoms with Crippen LogP contribution in [0.3, 0.4) is 0 Å². The average molecular weight is 417 g/mol. The second-order valence-corrected chi connectivity index (χ2v) is 6.65. The first-order valence-corrected chi connectivity index (χ1v) is 9.47. The summed E-state index contributed by atoms with van der Waals surface area (Å²) in [5, 5.41) is 3.99. The van der Waals surface area contributed by atoms with E-state index in [1.54, 1.807) is 37.4 Å². The van der Waals surface area contributed by atoms with E-state index in [2.05, 4.69) is 10.1 Å². The van der Waals surface area contributed by atoms with Gasteiger partial charge in [0.1, 0.15) is 5.75 Å². The number of nitrogens with zero attached hydrogens (tertiary/aromatic N) is 2. The highest BCUT2D eigenvalue weighted by molar-refractivity contribution is 5.79. The summed E-state index contributed by atoms with van der Waals surface area (Å²) in [7, 11) is 1.57. The summed E-state index contributed by atoms with van der Waals surface area (Å²) < 4.78 is 50.7. The normalized spacial score (nSPS) is 12.2. The van der Waals surface area contributed by atoms with E-state index in [0.29, 0.717) is 42.1 Å². The summed E-state index contributed by atoms with van der Waals surface area (Å²) in [5.74, 6) is 1.23. The third kappa shape index (κ3) is 5.27. The topological polar surface area (TPSA) is 74.2 Å². The first-order chi connectivity index (χ1) is 14.4. The molecule has 30 heavy (non-hydrogen) atoms. The fourth-order valence-electron chi connectivity index (χ4n) is 2.98. The smallest absolute Gasteiger partial charge is 0.416 e. The minimum atomic E-state index is -4.46. The Bertz CT molecular complexity index is 995. The summed E-state index contributed by atoms with van der Waals surface area (Å²) in [5.41, 5.74) is 6.15. The number of benzene rings is 2. The summed E-state index contributed by atoms with van der Waals surface area (Å²) in [6.07, 6.45) is -1.11. The first kappa shape index (κ1) is 21.6. The highest BCUT2D eigenvalue weighted by atomic mass is 19.4. The van der Waals surface area contributed by atoms with Crippen LogP contribution in [0, 0.1) is 0 Å². The minimum absolute atomic E-state index is 0.0527. The Morgan fingerprint density at radius 3 is 2.50 bits per heavy atom. The molecule has 0 radical (unpaired) electrons. The standard InChI is InChI=1S/C22H22F3N3O2/c1-29-18-11-9-15(10-12-18)20-27-21(30-28-20)17(7-4-5-13-26)14-16-6-2-3-8-19(16)22(23,24)25/h2-3,6,8-12,14H,4-5,7,13,26H2,1H3/b17-14+. The number of halogens is 3. The van der Waals surface area contributed by atoms with Crippen molar-refractivity contribution in [1.29, 1.82) is 0 Å². The summed E-state index contributed by atoms with van der Waals surface area (Å²) in [6.45, 7) is 0.493. The molecule has 1 aromatic heterocycles. The van der Waals surface area contributed by atoms with Gasteiger partial charge in [-0.15, -0.1) is 0 Å². The largest absolute Gasteiger partial charge is 0.497 e. The fraction of sp³-hybridized carbons (Fsp3) is 0.273. The number of aromatic nitrogens is 2. The van der Waals surface area contributed by atoms with Crippen molar-refractivity contribution in [2.75, 3.05) is 13.7 Å². The molecular formula is C22H22F3N3O2. The molecule has 0 aliphatic heterocycles. The van der Waals surface area contributed by atoms with Gasteiger partial charge in [0.05, 0.1) is 12.7 Å². The molecule has 0 saturated carbocycles. The molecule has 0 spiro atoms. The van der Waals surface area contributed by atoms with Gasteiger partial charge in [-0.25, -0.2) is 0 Å². The molecule has 3 rings (SSSR count). The highest BCUT2D eigenvalue weighted by Gasteiger charge is 2.32. The van der Waals surface area contributed by atoms with Gasteiger partial charge in [-0.2, -0.15) is 18.2 Å². The zero-order valence-corrected chi connectivity index (χ0v) is 16.4. The lowest BCUT2D eigenvalue weighted by atomic mass is 10.0. The first-order valence-electron chi connectivity index (χ1n) is 9.47. The zero-order chi connectivity index (χ0) is 21.6. The Morgan fingerprint density at radius 1 is 1.10 bits per heavy atom. The molecule has 1 heterocycles. The van der Waals surface area contributed by atoms with Gasteiger partial charge >= 0.3 is 6.18 Å². The summed E-state index contributed by atoms with van der Waals surface area (Å²) in [6, 6.07) is 12.5. The van der Waals surface area contributed by atoms with E-state index in [1.165, 1.54) is 18.2 Å². The maximum atomic E-state index is 13.4. The predicted octanol–water partition coefficient (Wildman–Crippen LogP) is 5.43. The van der Waals surface area contributed by atoms with Crippen molar-refractivity contribution in [1.82, 2.24) is 10.1 Å². The predicted molar refractivity (Wildman–Crippen MR) is 109 cm³/mol. The number of hydrogen-bond donors (Lipinski definition) is 1. The molecule has 2 N–H and O–H groups in total. The van der Waals surface area contributed by atoms with E-state index < -0.39 is 11.7 Å². The van der Waals surface area contributed by atoms with Crippen molar-refractivity contribution in [3.63, 3.8) is 0 Å². The lowest BCUT2D eigenvalue weighted by Gasteiger charge is -2.11. The van der Waals surface area contributed by atoms with Gasteiger partial charge in [-0.1, -0.05) is 23.4 Å². The second-order valence-electron chi connectivity index (χ2n) is 6.65. The van der Waals surface area contributed by atoms with Crippen molar-refractivity contribution < 1.29 is 22.4 Å². The maximum absolute atomic E-state index is 13.4. The zero-order valence-electron chi connectivity index (χ0n) is 16.4. The molecule has 0 saturated heterocycles. The van der Waals surface area contributed by atoms with Crippen LogP contribution in [0.25, 0.3) is 23.0 Å². The van der Waals surface area contributed by atoms with Gasteiger partial charge in [-0.05, 0) is 67.8 Å². The Hall–Kier alpha value is -3.13. The van der Waals surface area contributed by atoms with Crippen LogP contribution in [0.4, 0.5) is 13.2 Å². The third-order valence-corrected chi connectivity index (χ3v) is 4.55. The Kier molecular flexibility index (Phi) is 6.89. The maximum Gasteiger partial charge on any atom is 0.416 e. The van der Waals surface area contributed by atoms with Crippen molar-refractivity contribution in [3.05, 3.63) is 65.5 Å². The van der Waals surface area contributed by atoms with Gasteiger partial charge in [0.25, 0.3) is 5.89 Å². The van der Waals surface area contributed by atoms with E-state index in [1.807, 2.05) is 0 Å². The van der Waals surface area contributed by atoms with Gasteiger partial charge < -0.3 is 15.0 Å². The van der Waals surface area contributed by atoms with Crippen LogP contribution in [0.1, 0.15) is 36.3 Å². The number of rotatable bonds is 8. The molecule has 0 bridgehead atoms. The highest BCUT2D eigenvalue weighted by Crippen LogP contribution is 2.34. The molecule has 0 atom stereocenters. The van der Waals surface area contributed by atoms with Crippen LogP contribution in [0.15, 0.2) is 53.1 Å². The number of nitrogens with two attached hydrogens (primary N) is 1. The second kappa shape index (κ2) is 9.58. The Morgan fingerprint density at radius 2 is 1.83 bits per heavy atom. The van der Waals surface area contributed by atoms with E-state index in [-0.39, 0.29) is 11.5 Å². The average Bonchev–Trinajstić information content (AvgIpc) is 3.23. The number of methoxy groups -OCH3 is 1. The number of unbranched alkanes of at least 4 members (excludes halogenated alkanes) is 1. The summed E-state index contributed by atoms with van der Waals surface area (Å²) in [4.78, 5) is 4.40. The molecule has 0 unspecified atom stereocenters. The van der Waals surface area contributed by atoms with Crippen LogP contribution < -0.4 is 10.5 Å². The van der Waals surface area contributed by atoms with Gasteiger partial charge in [0.15, 0.2) is 0 Å². The van der Waals surface area contributed by atoms with Gasteiger partial charge in [-0.3, -0.25) is 0 Å². The SMILES string of the molecule is COc1ccc(-c2noc(/C(=C/c3ccccc3C(F)(F)F)CCCCN)n2)cc1. The molecule has 8 heteroatoms. The van der Waals surface area contributed by atoms with Crippen LogP contribution >= 0.6 is 0 Å². The molecule has 158 valence electrons. The van der Waals surface area contributed by atoms with Crippen LogP contribution in [-0.2, 0) is 6.18 Å². The summed E-state index contributed by atoms with van der Waals surface area (Å²) >= 11 is 0. The minimum Gasteiger partial charge on any atom is -0.497 e. The van der Waals surface area contributed by atoms with E-state index in [9.17, 15) is 13.2 Å².